The van der Waals surface area contributed by atoms with Gasteiger partial charge in [0.25, 0.3) is 11.6 Å². The molecule has 1 amide bonds. The van der Waals surface area contributed by atoms with Crippen LogP contribution in [0, 0.1) is 10.1 Å². The lowest BCUT2D eigenvalue weighted by molar-refractivity contribution is -0.384. The van der Waals surface area contributed by atoms with E-state index in [4.69, 9.17) is 20.8 Å². The van der Waals surface area contributed by atoms with Gasteiger partial charge in [-0.3, -0.25) is 19.9 Å². The molecule has 0 aliphatic carbocycles. The molecule has 4 aromatic rings. The van der Waals surface area contributed by atoms with Crippen LogP contribution in [-0.4, -0.2) is 24.2 Å². The van der Waals surface area contributed by atoms with Crippen LogP contribution in [0.5, 0.6) is 5.75 Å². The number of hydrogen-bond donors (Lipinski definition) is 1. The van der Waals surface area contributed by atoms with Crippen molar-refractivity contribution in [3.05, 3.63) is 93.2 Å². The van der Waals surface area contributed by atoms with Gasteiger partial charge in [0.15, 0.2) is 5.76 Å². The van der Waals surface area contributed by atoms with Gasteiger partial charge in [0.2, 0.25) is 0 Å². The molecule has 9 heteroatoms. The van der Waals surface area contributed by atoms with E-state index < -0.39 is 10.8 Å². The number of halogens is 1. The van der Waals surface area contributed by atoms with Gasteiger partial charge in [-0.1, -0.05) is 35.9 Å². The van der Waals surface area contributed by atoms with Crippen LogP contribution in [-0.2, 0) is 0 Å². The Balaban J connectivity index is 1.54. The first kappa shape index (κ1) is 21.1. The summed E-state index contributed by atoms with van der Waals surface area (Å²) in [4.78, 5) is 27.4. The number of carbonyl (C=O) groups excluding carboxylic acids is 1. The summed E-state index contributed by atoms with van der Waals surface area (Å²) >= 11 is 5.83. The number of aliphatic imine (C=N–C) groups is 1. The number of carbonyl (C=O) groups is 1. The summed E-state index contributed by atoms with van der Waals surface area (Å²) in [6.07, 6.45) is 1.48. The van der Waals surface area contributed by atoms with Crippen molar-refractivity contribution in [1.82, 2.24) is 0 Å². The number of methoxy groups -OCH3 is 1. The number of furan rings is 1. The van der Waals surface area contributed by atoms with Gasteiger partial charge >= 0.3 is 0 Å². The Kier molecular flexibility index (Phi) is 5.87. The third kappa shape index (κ3) is 4.45. The molecule has 0 atom stereocenters. The van der Waals surface area contributed by atoms with Crippen LogP contribution >= 0.6 is 11.6 Å². The lowest BCUT2D eigenvalue weighted by Crippen LogP contribution is -2.11. The zero-order valence-electron chi connectivity index (χ0n) is 16.7. The second-order valence-corrected chi connectivity index (χ2v) is 7.12. The fraction of sp³-hybridized carbons (Fsp3) is 0.0435. The molecule has 0 unspecified atom stereocenters. The van der Waals surface area contributed by atoms with Gasteiger partial charge in [-0.15, -0.1) is 0 Å². The molecule has 4 rings (SSSR count). The van der Waals surface area contributed by atoms with Crippen molar-refractivity contribution >= 4 is 51.8 Å². The van der Waals surface area contributed by atoms with Gasteiger partial charge in [-0.05, 0) is 35.9 Å². The number of amides is 1. The average molecular weight is 450 g/mol. The van der Waals surface area contributed by atoms with Crippen molar-refractivity contribution < 1.29 is 18.9 Å². The van der Waals surface area contributed by atoms with Gasteiger partial charge in [0, 0.05) is 23.7 Å². The molecule has 1 N–H and O–H groups in total. The lowest BCUT2D eigenvalue weighted by atomic mass is 10.2. The fourth-order valence-corrected chi connectivity index (χ4v) is 3.23. The minimum atomic E-state index is -0.553. The molecule has 0 radical (unpaired) electrons. The molecule has 32 heavy (non-hydrogen) atoms. The van der Waals surface area contributed by atoms with Crippen molar-refractivity contribution in [2.75, 3.05) is 12.4 Å². The molecule has 0 bridgehead atoms. The highest BCUT2D eigenvalue weighted by Crippen LogP contribution is 2.31. The number of ether oxygens (including phenoxy) is 1. The first-order valence-corrected chi connectivity index (χ1v) is 9.78. The number of anilines is 1. The Morgan fingerprint density at radius 1 is 1.16 bits per heavy atom. The maximum atomic E-state index is 12.6. The van der Waals surface area contributed by atoms with Crippen LogP contribution in [0.1, 0.15) is 16.1 Å². The topological polar surface area (TPSA) is 107 Å². The van der Waals surface area contributed by atoms with Crippen molar-refractivity contribution in [1.29, 1.82) is 0 Å². The van der Waals surface area contributed by atoms with Crippen LogP contribution < -0.4 is 10.1 Å². The van der Waals surface area contributed by atoms with E-state index >= 15 is 0 Å². The molecule has 0 saturated heterocycles. The number of nitro groups is 1. The Morgan fingerprint density at radius 2 is 1.97 bits per heavy atom. The molecule has 0 spiro atoms. The molecule has 0 saturated carbocycles. The summed E-state index contributed by atoms with van der Waals surface area (Å²) in [7, 11) is 1.47. The van der Waals surface area contributed by atoms with Gasteiger partial charge in [-0.2, -0.15) is 0 Å². The molecule has 1 heterocycles. The maximum absolute atomic E-state index is 12.6. The number of hydrogen-bond acceptors (Lipinski definition) is 6. The SMILES string of the molecule is COc1cc(N=Cc2ccc(Cl)c([N+](=O)[O-])c2)ccc1NC(=O)c1cc2ccccc2o1. The first-order chi connectivity index (χ1) is 15.4. The normalized spacial score (nSPS) is 11.1. The smallest absolute Gasteiger partial charge is 0.291 e. The number of nitro benzene ring substituents is 1. The lowest BCUT2D eigenvalue weighted by Gasteiger charge is -2.10. The third-order valence-electron chi connectivity index (χ3n) is 4.61. The van der Waals surface area contributed by atoms with Crippen LogP contribution in [0.2, 0.25) is 5.02 Å². The van der Waals surface area contributed by atoms with Crippen molar-refractivity contribution in [2.24, 2.45) is 4.99 Å². The third-order valence-corrected chi connectivity index (χ3v) is 4.93. The second kappa shape index (κ2) is 8.91. The quantitative estimate of drug-likeness (QED) is 0.220. The Hall–Kier alpha value is -4.17. The van der Waals surface area contributed by atoms with Gasteiger partial charge in [0.1, 0.15) is 16.4 Å². The largest absolute Gasteiger partial charge is 0.494 e. The molecular weight excluding hydrogens is 434 g/mol. The summed E-state index contributed by atoms with van der Waals surface area (Å²) in [6, 6.07) is 18.4. The number of nitrogens with zero attached hydrogens (tertiary/aromatic N) is 2. The predicted octanol–water partition coefficient (Wildman–Crippen LogP) is 6.01. The van der Waals surface area contributed by atoms with E-state index in [0.717, 1.165) is 5.39 Å². The van der Waals surface area contributed by atoms with Crippen molar-refractivity contribution in [2.45, 2.75) is 0 Å². The minimum absolute atomic E-state index is 0.0540. The highest BCUT2D eigenvalue weighted by atomic mass is 35.5. The van der Waals surface area contributed by atoms with Gasteiger partial charge in [-0.25, -0.2) is 0 Å². The number of nitrogens with one attached hydrogen (secondary N) is 1. The molecule has 8 nitrogen and oxygen atoms in total. The van der Waals surface area contributed by atoms with E-state index in [1.807, 2.05) is 18.2 Å². The summed E-state index contributed by atoms with van der Waals surface area (Å²) in [6.45, 7) is 0. The molecule has 0 aliphatic heterocycles. The highest BCUT2D eigenvalue weighted by molar-refractivity contribution is 6.32. The average Bonchev–Trinajstić information content (AvgIpc) is 3.23. The summed E-state index contributed by atoms with van der Waals surface area (Å²) < 4.78 is 11.0. The number of benzene rings is 3. The number of rotatable bonds is 6. The zero-order chi connectivity index (χ0) is 22.7. The van der Waals surface area contributed by atoms with E-state index in [1.54, 1.807) is 36.4 Å². The Morgan fingerprint density at radius 3 is 2.72 bits per heavy atom. The summed E-state index contributed by atoms with van der Waals surface area (Å²) in [5, 5.41) is 14.7. The molecular formula is C23H16ClN3O5. The van der Waals surface area contributed by atoms with Crippen molar-refractivity contribution in [3.8, 4) is 5.75 Å². The first-order valence-electron chi connectivity index (χ1n) is 9.40. The minimum Gasteiger partial charge on any atom is -0.494 e. The second-order valence-electron chi connectivity index (χ2n) is 6.71. The number of para-hydroxylation sites is 1. The van der Waals surface area contributed by atoms with E-state index in [9.17, 15) is 14.9 Å². The standard InChI is InChI=1S/C23H16ClN3O5/c1-31-21-12-16(25-13-14-6-8-17(24)19(10-14)27(29)30)7-9-18(21)26-23(28)22-11-15-4-2-3-5-20(15)32-22/h2-13H,1H3,(H,26,28). The number of fused-ring (bicyclic) bond motifs is 1. The molecule has 1 aromatic heterocycles. The zero-order valence-corrected chi connectivity index (χ0v) is 17.5. The fourth-order valence-electron chi connectivity index (χ4n) is 3.04. The van der Waals surface area contributed by atoms with Gasteiger partial charge < -0.3 is 14.5 Å². The molecule has 0 aliphatic rings. The van der Waals surface area contributed by atoms with E-state index in [-0.39, 0.29) is 16.5 Å². The van der Waals surface area contributed by atoms with Crippen molar-refractivity contribution in [3.63, 3.8) is 0 Å². The summed E-state index contributed by atoms with van der Waals surface area (Å²) in [5.74, 6) is 0.162. The monoisotopic (exact) mass is 449 g/mol. The predicted molar refractivity (Wildman–Crippen MR) is 123 cm³/mol. The Labute approximate surface area is 187 Å². The van der Waals surface area contributed by atoms with E-state index in [0.29, 0.717) is 28.3 Å². The van der Waals surface area contributed by atoms with Crippen LogP contribution in [0.3, 0.4) is 0 Å². The summed E-state index contributed by atoms with van der Waals surface area (Å²) in [5.41, 5.74) is 1.91. The molecule has 0 fully saturated rings. The van der Waals surface area contributed by atoms with E-state index in [2.05, 4.69) is 10.3 Å². The van der Waals surface area contributed by atoms with Crippen LogP contribution in [0.25, 0.3) is 11.0 Å². The van der Waals surface area contributed by atoms with Gasteiger partial charge in [0.05, 0.1) is 23.4 Å². The molecule has 160 valence electrons. The Bertz CT molecular complexity index is 1330. The van der Waals surface area contributed by atoms with Crippen LogP contribution in [0.4, 0.5) is 17.1 Å². The highest BCUT2D eigenvalue weighted by Gasteiger charge is 2.15. The van der Waals surface area contributed by atoms with Crippen LogP contribution in [0.15, 0.2) is 76.1 Å². The molecule has 3 aromatic carbocycles. The maximum Gasteiger partial charge on any atom is 0.291 e. The van der Waals surface area contributed by atoms with E-state index in [1.165, 1.54) is 25.5 Å².